The maximum Gasteiger partial charge on any atom is 0.224 e. The molecule has 1 aromatic carbocycles. The van der Waals surface area contributed by atoms with E-state index in [-0.39, 0.29) is 17.2 Å². The number of ether oxygens (including phenoxy) is 1. The Labute approximate surface area is 132 Å². The number of aromatic nitrogens is 2. The lowest BCUT2D eigenvalue weighted by molar-refractivity contribution is 0.0924. The van der Waals surface area contributed by atoms with Gasteiger partial charge < -0.3 is 10.1 Å². The molecule has 1 N–H and O–H groups in total. The highest BCUT2D eigenvalue weighted by molar-refractivity contribution is 6.28. The van der Waals surface area contributed by atoms with Crippen LogP contribution in [0.5, 0.6) is 0 Å². The number of benzene rings is 1. The normalized spacial score (nSPS) is 20.0. The highest BCUT2D eigenvalue weighted by Gasteiger charge is 2.31. The Morgan fingerprint density at radius 3 is 2.73 bits per heavy atom. The minimum atomic E-state index is -0.322. The number of fused-ring (bicyclic) bond motifs is 1. The number of anilines is 1. The molecule has 22 heavy (non-hydrogen) atoms. The van der Waals surface area contributed by atoms with Crippen LogP contribution in [0.4, 0.5) is 10.2 Å². The summed E-state index contributed by atoms with van der Waals surface area (Å²) in [6, 6.07) is 6.27. The molecule has 0 bridgehead atoms. The summed E-state index contributed by atoms with van der Waals surface area (Å²) in [5.74, 6) is 1.22. The number of hydrogen-bond donors (Lipinski definition) is 1. The molecule has 4 nitrogen and oxygen atoms in total. The molecule has 2 heterocycles. The quantitative estimate of drug-likeness (QED) is 0.873. The van der Waals surface area contributed by atoms with Crippen LogP contribution in [-0.2, 0) is 11.3 Å². The standard InChI is InChI=1S/C16H15ClFN3O/c17-16-20-13-12(15(21-16)19-7-9-1-2-9)8-22-14(13)10-3-5-11(18)6-4-10/h3-6,9,14H,1-2,7-8H2,(H,19,20,21). The van der Waals surface area contributed by atoms with E-state index in [1.165, 1.54) is 25.0 Å². The molecule has 1 aromatic heterocycles. The molecule has 1 aliphatic heterocycles. The molecule has 1 saturated carbocycles. The number of nitrogens with one attached hydrogen (secondary N) is 1. The van der Waals surface area contributed by atoms with Crippen molar-refractivity contribution >= 4 is 17.4 Å². The van der Waals surface area contributed by atoms with Crippen molar-refractivity contribution in [3.05, 3.63) is 52.2 Å². The summed E-state index contributed by atoms with van der Waals surface area (Å²) in [6.45, 7) is 1.34. The fourth-order valence-corrected chi connectivity index (χ4v) is 2.85. The summed E-state index contributed by atoms with van der Waals surface area (Å²) in [5.41, 5.74) is 2.58. The molecule has 1 aliphatic carbocycles. The maximum absolute atomic E-state index is 13.1. The van der Waals surface area contributed by atoms with Crippen LogP contribution in [-0.4, -0.2) is 16.5 Å². The molecule has 0 spiro atoms. The van der Waals surface area contributed by atoms with Crippen LogP contribution in [0, 0.1) is 11.7 Å². The predicted octanol–water partition coefficient (Wildman–Crippen LogP) is 3.71. The molecule has 2 aliphatic rings. The number of rotatable bonds is 4. The lowest BCUT2D eigenvalue weighted by Gasteiger charge is -2.12. The van der Waals surface area contributed by atoms with Crippen molar-refractivity contribution in [1.29, 1.82) is 0 Å². The zero-order valence-electron chi connectivity index (χ0n) is 11.9. The van der Waals surface area contributed by atoms with E-state index >= 15 is 0 Å². The number of hydrogen-bond acceptors (Lipinski definition) is 4. The summed E-state index contributed by atoms with van der Waals surface area (Å²) in [5, 5.41) is 3.56. The minimum Gasteiger partial charge on any atom is -0.369 e. The highest BCUT2D eigenvalue weighted by atomic mass is 35.5. The second-order valence-corrected chi connectivity index (χ2v) is 6.11. The van der Waals surface area contributed by atoms with Crippen molar-refractivity contribution in [3.63, 3.8) is 0 Å². The Morgan fingerprint density at radius 1 is 1.23 bits per heavy atom. The van der Waals surface area contributed by atoms with Crippen LogP contribution in [0.3, 0.4) is 0 Å². The van der Waals surface area contributed by atoms with Gasteiger partial charge in [-0.05, 0) is 48.1 Å². The average molecular weight is 320 g/mol. The van der Waals surface area contributed by atoms with Gasteiger partial charge in [0.1, 0.15) is 17.7 Å². The van der Waals surface area contributed by atoms with E-state index in [2.05, 4.69) is 15.3 Å². The Balaban J connectivity index is 1.66. The first-order valence-electron chi connectivity index (χ1n) is 7.38. The summed E-state index contributed by atoms with van der Waals surface area (Å²) in [6.07, 6.45) is 2.21. The molecule has 1 unspecified atom stereocenters. The first-order chi connectivity index (χ1) is 10.7. The van der Waals surface area contributed by atoms with Crippen LogP contribution in [0.15, 0.2) is 24.3 Å². The zero-order valence-corrected chi connectivity index (χ0v) is 12.6. The van der Waals surface area contributed by atoms with Crippen LogP contribution >= 0.6 is 11.6 Å². The fraction of sp³-hybridized carbons (Fsp3) is 0.375. The van der Waals surface area contributed by atoms with Gasteiger partial charge in [0, 0.05) is 12.1 Å². The lowest BCUT2D eigenvalue weighted by Crippen LogP contribution is -2.09. The third-order valence-electron chi connectivity index (χ3n) is 4.08. The van der Waals surface area contributed by atoms with Gasteiger partial charge in [0.15, 0.2) is 0 Å². The van der Waals surface area contributed by atoms with Crippen LogP contribution in [0.1, 0.15) is 35.8 Å². The van der Waals surface area contributed by atoms with Crippen molar-refractivity contribution in [2.75, 3.05) is 11.9 Å². The Hall–Kier alpha value is -1.72. The van der Waals surface area contributed by atoms with Crippen LogP contribution < -0.4 is 5.32 Å². The van der Waals surface area contributed by atoms with Crippen LogP contribution in [0.25, 0.3) is 0 Å². The summed E-state index contributed by atoms with van der Waals surface area (Å²) >= 11 is 6.06. The fourth-order valence-electron chi connectivity index (χ4n) is 2.68. The third-order valence-corrected chi connectivity index (χ3v) is 4.25. The molecule has 4 rings (SSSR count). The van der Waals surface area contributed by atoms with E-state index in [4.69, 9.17) is 16.3 Å². The third kappa shape index (κ3) is 2.66. The smallest absolute Gasteiger partial charge is 0.224 e. The SMILES string of the molecule is Fc1ccc(C2OCc3c(NCC4CC4)nc(Cl)nc32)cc1. The Bertz CT molecular complexity index is 703. The summed E-state index contributed by atoms with van der Waals surface area (Å²) in [4.78, 5) is 8.62. The molecule has 1 atom stereocenters. The first-order valence-corrected chi connectivity index (χ1v) is 7.76. The van der Waals surface area contributed by atoms with Crippen molar-refractivity contribution in [1.82, 2.24) is 9.97 Å². The van der Waals surface area contributed by atoms with Gasteiger partial charge in [0.25, 0.3) is 0 Å². The molecular weight excluding hydrogens is 305 g/mol. The van der Waals surface area contributed by atoms with Crippen molar-refractivity contribution in [2.24, 2.45) is 5.92 Å². The summed E-state index contributed by atoms with van der Waals surface area (Å²) < 4.78 is 18.9. The van der Waals surface area contributed by atoms with E-state index < -0.39 is 0 Å². The molecule has 0 saturated heterocycles. The number of nitrogens with zero attached hydrogens (tertiary/aromatic N) is 2. The van der Waals surface area contributed by atoms with E-state index in [1.807, 2.05) is 0 Å². The average Bonchev–Trinajstić information content (AvgIpc) is 3.24. The minimum absolute atomic E-state index is 0.203. The molecule has 0 amide bonds. The zero-order chi connectivity index (χ0) is 15.1. The van der Waals surface area contributed by atoms with E-state index in [9.17, 15) is 4.39 Å². The second-order valence-electron chi connectivity index (χ2n) is 5.77. The van der Waals surface area contributed by atoms with Crippen molar-refractivity contribution in [2.45, 2.75) is 25.6 Å². The van der Waals surface area contributed by atoms with Crippen molar-refractivity contribution in [3.8, 4) is 0 Å². The van der Waals surface area contributed by atoms with Crippen molar-refractivity contribution < 1.29 is 9.13 Å². The molecule has 114 valence electrons. The van der Waals surface area contributed by atoms with Gasteiger partial charge >= 0.3 is 0 Å². The highest BCUT2D eigenvalue weighted by Crippen LogP contribution is 2.38. The Kier molecular flexibility index (Phi) is 3.47. The predicted molar refractivity (Wildman–Crippen MR) is 81.3 cm³/mol. The van der Waals surface area contributed by atoms with Gasteiger partial charge in [-0.3, -0.25) is 0 Å². The topological polar surface area (TPSA) is 47.0 Å². The number of halogens is 2. The molecule has 0 radical (unpaired) electrons. The summed E-state index contributed by atoms with van der Waals surface area (Å²) in [7, 11) is 0. The van der Waals surface area contributed by atoms with E-state index in [1.54, 1.807) is 12.1 Å². The van der Waals surface area contributed by atoms with Gasteiger partial charge in [-0.15, -0.1) is 0 Å². The molecule has 1 fully saturated rings. The second kappa shape index (κ2) is 5.48. The van der Waals surface area contributed by atoms with E-state index in [0.717, 1.165) is 35.1 Å². The maximum atomic E-state index is 13.1. The lowest BCUT2D eigenvalue weighted by atomic mass is 10.0. The van der Waals surface area contributed by atoms with E-state index in [0.29, 0.717) is 6.61 Å². The molecular formula is C16H15ClFN3O. The van der Waals surface area contributed by atoms with Crippen LogP contribution in [0.2, 0.25) is 5.28 Å². The van der Waals surface area contributed by atoms with Gasteiger partial charge in [-0.2, -0.15) is 0 Å². The first kappa shape index (κ1) is 13.9. The monoisotopic (exact) mass is 319 g/mol. The molecule has 2 aromatic rings. The van der Waals surface area contributed by atoms with Gasteiger partial charge in [-0.1, -0.05) is 12.1 Å². The Morgan fingerprint density at radius 2 is 2.00 bits per heavy atom. The van der Waals surface area contributed by atoms with Gasteiger partial charge in [-0.25, -0.2) is 14.4 Å². The van der Waals surface area contributed by atoms with Gasteiger partial charge in [0.05, 0.1) is 12.3 Å². The largest absolute Gasteiger partial charge is 0.369 e. The van der Waals surface area contributed by atoms with Gasteiger partial charge in [0.2, 0.25) is 5.28 Å². The molecule has 6 heteroatoms.